The number of carbonyl (C=O) groups is 2. The number of halogens is 2. The summed E-state index contributed by atoms with van der Waals surface area (Å²) < 4.78 is 6.40. The SMILES string of the molecule is Cc1noc(C)c1NC(=O)N1CCN(c2ccc3ncn(CC(=O)NCc4ccc(Cl)c(Cl)c4)c(=O)c3c2)CC1. The number of piperazine rings is 1. The van der Waals surface area contributed by atoms with Crippen LogP contribution in [0.25, 0.3) is 10.9 Å². The number of carbonyl (C=O) groups excluding carboxylic acids is 2. The van der Waals surface area contributed by atoms with Crippen LogP contribution in [0.3, 0.4) is 0 Å². The van der Waals surface area contributed by atoms with Crippen molar-refractivity contribution in [1.82, 2.24) is 24.9 Å². The number of hydrogen-bond donors (Lipinski definition) is 2. The fourth-order valence-corrected chi connectivity index (χ4v) is 4.85. The minimum absolute atomic E-state index is 0.174. The van der Waals surface area contributed by atoms with Gasteiger partial charge in [-0.15, -0.1) is 0 Å². The molecule has 2 aromatic carbocycles. The normalized spacial score (nSPS) is 13.5. The molecule has 0 saturated carbocycles. The molecule has 1 aliphatic rings. The summed E-state index contributed by atoms with van der Waals surface area (Å²) in [5.41, 5.74) is 3.09. The van der Waals surface area contributed by atoms with Crippen LogP contribution in [0.2, 0.25) is 10.0 Å². The lowest BCUT2D eigenvalue weighted by atomic mass is 10.2. The van der Waals surface area contributed by atoms with Crippen molar-refractivity contribution in [3.63, 3.8) is 0 Å². The van der Waals surface area contributed by atoms with Crippen LogP contribution in [0.1, 0.15) is 17.0 Å². The Morgan fingerprint density at radius 1 is 1.02 bits per heavy atom. The Bertz CT molecular complexity index is 1620. The maximum Gasteiger partial charge on any atom is 0.322 e. The zero-order valence-electron chi connectivity index (χ0n) is 21.9. The number of hydrogen-bond acceptors (Lipinski definition) is 7. The van der Waals surface area contributed by atoms with Crippen LogP contribution in [-0.2, 0) is 17.9 Å². The molecule has 0 atom stereocenters. The molecule has 0 aliphatic carbocycles. The first-order valence-electron chi connectivity index (χ1n) is 12.6. The van der Waals surface area contributed by atoms with E-state index in [1.165, 1.54) is 10.9 Å². The summed E-state index contributed by atoms with van der Waals surface area (Å²) in [5.74, 6) is 0.223. The molecule has 0 bridgehead atoms. The van der Waals surface area contributed by atoms with Crippen LogP contribution in [0.15, 0.2) is 52.0 Å². The molecule has 1 aliphatic heterocycles. The van der Waals surface area contributed by atoms with Gasteiger partial charge in [-0.2, -0.15) is 0 Å². The van der Waals surface area contributed by atoms with Crippen LogP contribution in [0.4, 0.5) is 16.2 Å². The van der Waals surface area contributed by atoms with E-state index in [2.05, 4.69) is 25.7 Å². The lowest BCUT2D eigenvalue weighted by molar-refractivity contribution is -0.121. The number of anilines is 2. The minimum atomic E-state index is -0.337. The number of amides is 3. The first-order valence-corrected chi connectivity index (χ1v) is 13.4. The maximum absolute atomic E-state index is 13.2. The Balaban J connectivity index is 1.22. The van der Waals surface area contributed by atoms with Crippen molar-refractivity contribution in [2.24, 2.45) is 0 Å². The molecule has 5 rings (SSSR count). The lowest BCUT2D eigenvalue weighted by Gasteiger charge is -2.36. The van der Waals surface area contributed by atoms with Crippen molar-refractivity contribution in [2.75, 3.05) is 36.4 Å². The average molecular weight is 584 g/mol. The Hall–Kier alpha value is -4.09. The number of rotatable bonds is 6. The van der Waals surface area contributed by atoms with Gasteiger partial charge in [-0.05, 0) is 49.7 Å². The smallest absolute Gasteiger partial charge is 0.322 e. The number of aryl methyl sites for hydroxylation is 2. The van der Waals surface area contributed by atoms with E-state index in [4.69, 9.17) is 27.7 Å². The van der Waals surface area contributed by atoms with E-state index in [-0.39, 0.29) is 30.6 Å². The summed E-state index contributed by atoms with van der Waals surface area (Å²) in [5, 5.41) is 10.8. The fraction of sp³-hybridized carbons (Fsp3) is 0.296. The number of benzene rings is 2. The van der Waals surface area contributed by atoms with E-state index >= 15 is 0 Å². The zero-order valence-corrected chi connectivity index (χ0v) is 23.4. The Kier molecular flexibility index (Phi) is 7.95. The minimum Gasteiger partial charge on any atom is -0.368 e. The van der Waals surface area contributed by atoms with Gasteiger partial charge in [0.15, 0.2) is 5.76 Å². The first-order chi connectivity index (χ1) is 19.2. The quantitative estimate of drug-likeness (QED) is 0.351. The number of urea groups is 1. The summed E-state index contributed by atoms with van der Waals surface area (Å²) in [6, 6.07) is 10.4. The molecule has 11 nitrogen and oxygen atoms in total. The van der Waals surface area contributed by atoms with E-state index < -0.39 is 0 Å². The summed E-state index contributed by atoms with van der Waals surface area (Å²) >= 11 is 12.0. The van der Waals surface area contributed by atoms with Crippen molar-refractivity contribution >= 4 is 57.4 Å². The molecule has 0 radical (unpaired) electrons. The number of fused-ring (bicyclic) bond motifs is 1. The molecule has 4 aromatic rings. The highest BCUT2D eigenvalue weighted by Crippen LogP contribution is 2.23. The Labute approximate surface area is 239 Å². The monoisotopic (exact) mass is 583 g/mol. The lowest BCUT2D eigenvalue weighted by Crippen LogP contribution is -2.50. The van der Waals surface area contributed by atoms with Crippen molar-refractivity contribution in [3.05, 3.63) is 80.1 Å². The maximum atomic E-state index is 13.2. The molecule has 40 heavy (non-hydrogen) atoms. The molecule has 0 spiro atoms. The highest BCUT2D eigenvalue weighted by Gasteiger charge is 2.23. The highest BCUT2D eigenvalue weighted by atomic mass is 35.5. The predicted octanol–water partition coefficient (Wildman–Crippen LogP) is 3.98. The van der Waals surface area contributed by atoms with Gasteiger partial charge in [-0.25, -0.2) is 9.78 Å². The van der Waals surface area contributed by atoms with Gasteiger partial charge < -0.3 is 25.0 Å². The van der Waals surface area contributed by atoms with Gasteiger partial charge in [-0.3, -0.25) is 14.2 Å². The molecular weight excluding hydrogens is 557 g/mol. The molecule has 208 valence electrons. The highest BCUT2D eigenvalue weighted by molar-refractivity contribution is 6.42. The molecule has 2 N–H and O–H groups in total. The van der Waals surface area contributed by atoms with E-state index in [0.717, 1.165) is 11.3 Å². The van der Waals surface area contributed by atoms with Gasteiger partial charge in [0.2, 0.25) is 5.91 Å². The van der Waals surface area contributed by atoms with E-state index in [1.807, 2.05) is 6.07 Å². The van der Waals surface area contributed by atoms with Gasteiger partial charge in [-0.1, -0.05) is 34.4 Å². The van der Waals surface area contributed by atoms with Gasteiger partial charge in [0.05, 0.1) is 27.3 Å². The van der Waals surface area contributed by atoms with Crippen molar-refractivity contribution in [3.8, 4) is 0 Å². The average Bonchev–Trinajstić information content (AvgIpc) is 3.27. The third-order valence-electron chi connectivity index (χ3n) is 6.79. The topological polar surface area (TPSA) is 126 Å². The van der Waals surface area contributed by atoms with Crippen molar-refractivity contribution < 1.29 is 14.1 Å². The summed E-state index contributed by atoms with van der Waals surface area (Å²) in [7, 11) is 0. The molecular formula is C27H27Cl2N7O4. The zero-order chi connectivity index (χ0) is 28.4. The molecule has 1 fully saturated rings. The largest absolute Gasteiger partial charge is 0.368 e. The van der Waals surface area contributed by atoms with Gasteiger partial charge >= 0.3 is 6.03 Å². The summed E-state index contributed by atoms with van der Waals surface area (Å²) in [6.45, 7) is 5.78. The predicted molar refractivity (Wildman–Crippen MR) is 153 cm³/mol. The second-order valence-electron chi connectivity index (χ2n) is 9.51. The Morgan fingerprint density at radius 3 is 2.50 bits per heavy atom. The first kappa shape index (κ1) is 27.5. The van der Waals surface area contributed by atoms with Crippen LogP contribution in [0.5, 0.6) is 0 Å². The third kappa shape index (κ3) is 5.90. The van der Waals surface area contributed by atoms with Crippen molar-refractivity contribution in [1.29, 1.82) is 0 Å². The van der Waals surface area contributed by atoms with Gasteiger partial charge in [0.1, 0.15) is 17.9 Å². The summed E-state index contributed by atoms with van der Waals surface area (Å²) in [4.78, 5) is 46.7. The van der Waals surface area contributed by atoms with Crippen molar-refractivity contribution in [2.45, 2.75) is 26.9 Å². The number of nitrogens with zero attached hydrogens (tertiary/aromatic N) is 5. The number of nitrogens with one attached hydrogen (secondary N) is 2. The molecule has 0 unspecified atom stereocenters. The second-order valence-corrected chi connectivity index (χ2v) is 10.3. The second kappa shape index (κ2) is 11.6. The van der Waals surface area contributed by atoms with Crippen LogP contribution >= 0.6 is 23.2 Å². The molecule has 3 heterocycles. The van der Waals surface area contributed by atoms with Gasteiger partial charge in [0, 0.05) is 38.4 Å². The van der Waals surface area contributed by atoms with E-state index in [1.54, 1.807) is 49.1 Å². The standard InChI is InChI=1S/C27H27Cl2N7O4/c1-16-25(17(2)40-33-16)32-27(39)35-9-7-34(8-10-35)19-4-6-23-20(12-19)26(38)36(15-31-23)14-24(37)30-13-18-3-5-21(28)22(29)11-18/h3-6,11-12,15H,7-10,13-14H2,1-2H3,(H,30,37)(H,32,39). The molecule has 3 amide bonds. The third-order valence-corrected chi connectivity index (χ3v) is 7.53. The van der Waals surface area contributed by atoms with E-state index in [9.17, 15) is 14.4 Å². The fourth-order valence-electron chi connectivity index (χ4n) is 4.53. The van der Waals surface area contributed by atoms with Crippen LogP contribution in [0, 0.1) is 13.8 Å². The van der Waals surface area contributed by atoms with Crippen LogP contribution < -0.4 is 21.1 Å². The van der Waals surface area contributed by atoms with Gasteiger partial charge in [0.25, 0.3) is 5.56 Å². The van der Waals surface area contributed by atoms with Crippen LogP contribution in [-0.4, -0.2) is 57.7 Å². The summed E-state index contributed by atoms with van der Waals surface area (Å²) in [6.07, 6.45) is 1.37. The molecule has 13 heteroatoms. The van der Waals surface area contributed by atoms with E-state index in [0.29, 0.717) is 64.3 Å². The molecule has 2 aromatic heterocycles. The Morgan fingerprint density at radius 2 is 1.80 bits per heavy atom. The number of aromatic nitrogens is 3. The molecule has 1 saturated heterocycles.